The summed E-state index contributed by atoms with van der Waals surface area (Å²) in [7, 11) is 1.28. The third kappa shape index (κ3) is 1.92. The van der Waals surface area contributed by atoms with Gasteiger partial charge in [-0.15, -0.1) is 0 Å². The quantitative estimate of drug-likeness (QED) is 0.715. The van der Waals surface area contributed by atoms with Crippen molar-refractivity contribution in [2.24, 2.45) is 0 Å². The van der Waals surface area contributed by atoms with Gasteiger partial charge in [0.1, 0.15) is 5.75 Å². The van der Waals surface area contributed by atoms with Crippen molar-refractivity contribution >= 4 is 5.69 Å². The zero-order valence-corrected chi connectivity index (χ0v) is 7.77. The van der Waals surface area contributed by atoms with Gasteiger partial charge in [0.2, 0.25) is 0 Å². The molecular weight excluding hydrogens is 195 g/mol. The Morgan fingerprint density at radius 2 is 1.86 bits per heavy atom. The molecule has 0 saturated heterocycles. The number of nitrogens with two attached hydrogens (primary N) is 1. The normalized spacial score (nSPS) is 11.5. The second kappa shape index (κ2) is 3.40. The van der Waals surface area contributed by atoms with Crippen LogP contribution in [0.5, 0.6) is 5.75 Å². The first-order chi connectivity index (χ1) is 6.36. The molecular formula is C9H10F3NO. The summed E-state index contributed by atoms with van der Waals surface area (Å²) in [5.41, 5.74) is 5.36. The number of aryl methyl sites for hydroxylation is 1. The van der Waals surface area contributed by atoms with Gasteiger partial charge in [-0.05, 0) is 24.6 Å². The Balaban J connectivity index is 3.30. The van der Waals surface area contributed by atoms with Crippen LogP contribution in [0.3, 0.4) is 0 Å². The van der Waals surface area contributed by atoms with E-state index in [-0.39, 0.29) is 11.4 Å². The van der Waals surface area contributed by atoms with Crippen LogP contribution in [-0.2, 0) is 6.18 Å². The van der Waals surface area contributed by atoms with Crippen LogP contribution in [0.1, 0.15) is 11.1 Å². The van der Waals surface area contributed by atoms with Crippen molar-refractivity contribution in [2.45, 2.75) is 13.1 Å². The number of rotatable bonds is 1. The lowest BCUT2D eigenvalue weighted by molar-refractivity contribution is -0.137. The fourth-order valence-corrected chi connectivity index (χ4v) is 1.10. The van der Waals surface area contributed by atoms with E-state index >= 15 is 0 Å². The number of hydrogen-bond acceptors (Lipinski definition) is 2. The Kier molecular flexibility index (Phi) is 2.59. The van der Waals surface area contributed by atoms with Crippen LogP contribution >= 0.6 is 0 Å². The van der Waals surface area contributed by atoms with Crippen LogP contribution in [-0.4, -0.2) is 7.11 Å². The van der Waals surface area contributed by atoms with Gasteiger partial charge in [0, 0.05) is 0 Å². The summed E-state index contributed by atoms with van der Waals surface area (Å²) < 4.78 is 41.7. The zero-order valence-electron chi connectivity index (χ0n) is 7.77. The van der Waals surface area contributed by atoms with Crippen molar-refractivity contribution in [1.82, 2.24) is 0 Å². The molecule has 0 unspecified atom stereocenters. The highest BCUT2D eigenvalue weighted by Gasteiger charge is 2.31. The average Bonchev–Trinajstić information content (AvgIpc) is 2.07. The molecule has 2 nitrogen and oxygen atoms in total. The molecule has 0 bridgehead atoms. The van der Waals surface area contributed by atoms with Crippen molar-refractivity contribution in [2.75, 3.05) is 12.8 Å². The molecule has 1 rings (SSSR count). The van der Waals surface area contributed by atoms with Gasteiger partial charge in [-0.2, -0.15) is 13.2 Å². The first-order valence-corrected chi connectivity index (χ1v) is 3.87. The summed E-state index contributed by atoms with van der Waals surface area (Å²) in [6.45, 7) is 1.51. The highest BCUT2D eigenvalue weighted by molar-refractivity contribution is 5.60. The first-order valence-electron chi connectivity index (χ1n) is 3.87. The van der Waals surface area contributed by atoms with E-state index in [1.807, 2.05) is 0 Å². The number of ether oxygens (including phenoxy) is 1. The Bertz CT molecular complexity index is 347. The maximum absolute atomic E-state index is 12.3. The predicted octanol–water partition coefficient (Wildman–Crippen LogP) is 2.60. The molecule has 78 valence electrons. The fourth-order valence-electron chi connectivity index (χ4n) is 1.10. The largest absolute Gasteiger partial charge is 0.495 e. The van der Waals surface area contributed by atoms with Gasteiger partial charge < -0.3 is 10.5 Å². The summed E-state index contributed by atoms with van der Waals surface area (Å²) in [5, 5.41) is 0. The minimum Gasteiger partial charge on any atom is -0.495 e. The van der Waals surface area contributed by atoms with E-state index in [1.54, 1.807) is 0 Å². The molecule has 5 heteroatoms. The molecule has 0 spiro atoms. The van der Waals surface area contributed by atoms with E-state index in [0.29, 0.717) is 5.56 Å². The van der Waals surface area contributed by atoms with Crippen LogP contribution in [0, 0.1) is 6.92 Å². The molecule has 14 heavy (non-hydrogen) atoms. The van der Waals surface area contributed by atoms with Gasteiger partial charge in [-0.3, -0.25) is 0 Å². The number of hydrogen-bond donors (Lipinski definition) is 1. The molecule has 1 aromatic rings. The van der Waals surface area contributed by atoms with E-state index in [4.69, 9.17) is 10.5 Å². The topological polar surface area (TPSA) is 35.2 Å². The molecule has 0 aromatic heterocycles. The van der Waals surface area contributed by atoms with Crippen LogP contribution in [0.15, 0.2) is 12.1 Å². The first kappa shape index (κ1) is 10.7. The molecule has 0 heterocycles. The minimum absolute atomic E-state index is 0.0531. The van der Waals surface area contributed by atoms with Crippen molar-refractivity contribution in [3.63, 3.8) is 0 Å². The van der Waals surface area contributed by atoms with Crippen LogP contribution < -0.4 is 10.5 Å². The summed E-state index contributed by atoms with van der Waals surface area (Å²) in [5.74, 6) is 0.0531. The molecule has 0 aliphatic carbocycles. The smallest absolute Gasteiger partial charge is 0.416 e. The van der Waals surface area contributed by atoms with Crippen molar-refractivity contribution in [1.29, 1.82) is 0 Å². The summed E-state index contributed by atoms with van der Waals surface area (Å²) >= 11 is 0. The van der Waals surface area contributed by atoms with Crippen molar-refractivity contribution < 1.29 is 17.9 Å². The van der Waals surface area contributed by atoms with Gasteiger partial charge >= 0.3 is 6.18 Å². The molecule has 0 saturated carbocycles. The predicted molar refractivity (Wildman–Crippen MR) is 47.1 cm³/mol. The van der Waals surface area contributed by atoms with Crippen LogP contribution in [0.25, 0.3) is 0 Å². The third-order valence-corrected chi connectivity index (χ3v) is 1.90. The summed E-state index contributed by atoms with van der Waals surface area (Å²) in [4.78, 5) is 0. The monoisotopic (exact) mass is 205 g/mol. The molecule has 0 aliphatic heterocycles. The lowest BCUT2D eigenvalue weighted by Gasteiger charge is -2.12. The SMILES string of the molecule is COc1cc(C(F)(F)F)cc(C)c1N. The highest BCUT2D eigenvalue weighted by Crippen LogP contribution is 2.35. The van der Waals surface area contributed by atoms with Crippen LogP contribution in [0.2, 0.25) is 0 Å². The number of nitrogen functional groups attached to an aromatic ring is 1. The summed E-state index contributed by atoms with van der Waals surface area (Å²) in [6.07, 6.45) is -4.37. The number of alkyl halides is 3. The van der Waals surface area contributed by atoms with Gasteiger partial charge in [0.25, 0.3) is 0 Å². The molecule has 0 fully saturated rings. The van der Waals surface area contributed by atoms with E-state index < -0.39 is 11.7 Å². The Morgan fingerprint density at radius 1 is 1.29 bits per heavy atom. The zero-order chi connectivity index (χ0) is 10.9. The highest BCUT2D eigenvalue weighted by atomic mass is 19.4. The van der Waals surface area contributed by atoms with Crippen LogP contribution in [0.4, 0.5) is 18.9 Å². The van der Waals surface area contributed by atoms with E-state index in [0.717, 1.165) is 12.1 Å². The minimum atomic E-state index is -4.37. The maximum atomic E-state index is 12.3. The van der Waals surface area contributed by atoms with Crippen molar-refractivity contribution in [3.05, 3.63) is 23.3 Å². The van der Waals surface area contributed by atoms with Gasteiger partial charge in [0.15, 0.2) is 0 Å². The Morgan fingerprint density at radius 3 is 2.29 bits per heavy atom. The molecule has 1 aromatic carbocycles. The molecule has 0 atom stereocenters. The third-order valence-electron chi connectivity index (χ3n) is 1.90. The Labute approximate surface area is 79.5 Å². The lowest BCUT2D eigenvalue weighted by atomic mass is 10.1. The average molecular weight is 205 g/mol. The lowest BCUT2D eigenvalue weighted by Crippen LogP contribution is -2.07. The van der Waals surface area contributed by atoms with Crippen molar-refractivity contribution in [3.8, 4) is 5.75 Å². The molecule has 0 radical (unpaired) electrons. The molecule has 2 N–H and O–H groups in total. The number of methoxy groups -OCH3 is 1. The number of anilines is 1. The number of halogens is 3. The van der Waals surface area contributed by atoms with Gasteiger partial charge in [0.05, 0.1) is 18.4 Å². The van der Waals surface area contributed by atoms with E-state index in [9.17, 15) is 13.2 Å². The summed E-state index contributed by atoms with van der Waals surface area (Å²) in [6, 6.07) is 1.89. The van der Waals surface area contributed by atoms with E-state index in [1.165, 1.54) is 14.0 Å². The second-order valence-corrected chi connectivity index (χ2v) is 2.91. The van der Waals surface area contributed by atoms with Gasteiger partial charge in [-0.25, -0.2) is 0 Å². The Hall–Kier alpha value is -1.39. The number of benzene rings is 1. The molecule has 0 aliphatic rings. The van der Waals surface area contributed by atoms with E-state index in [2.05, 4.69) is 0 Å². The second-order valence-electron chi connectivity index (χ2n) is 2.91. The fraction of sp³-hybridized carbons (Fsp3) is 0.333. The standard InChI is InChI=1S/C9H10F3NO/c1-5-3-6(9(10,11)12)4-7(14-2)8(5)13/h3-4H,13H2,1-2H3. The van der Waals surface area contributed by atoms with Gasteiger partial charge in [-0.1, -0.05) is 0 Å². The maximum Gasteiger partial charge on any atom is 0.416 e. The molecule has 0 amide bonds.